The first-order chi connectivity index (χ1) is 12.2. The van der Waals surface area contributed by atoms with Crippen molar-refractivity contribution in [2.75, 3.05) is 45.8 Å². The summed E-state index contributed by atoms with van der Waals surface area (Å²) < 4.78 is 4.24. The molecule has 7 heteroatoms. The molecular weight excluding hydrogens is 314 g/mol. The smallest absolute Gasteiger partial charge is 0.122 e. The van der Waals surface area contributed by atoms with E-state index in [1.54, 1.807) is 0 Å². The van der Waals surface area contributed by atoms with E-state index in [0.717, 1.165) is 70.6 Å². The van der Waals surface area contributed by atoms with Gasteiger partial charge in [0.2, 0.25) is 0 Å². The van der Waals surface area contributed by atoms with Crippen LogP contribution in [-0.2, 0) is 27.2 Å². The molecular formula is C18H31N7. The van der Waals surface area contributed by atoms with Gasteiger partial charge in [-0.1, -0.05) is 6.92 Å². The van der Waals surface area contributed by atoms with Crippen molar-refractivity contribution in [2.24, 2.45) is 14.1 Å². The van der Waals surface area contributed by atoms with E-state index in [4.69, 9.17) is 0 Å². The second kappa shape index (κ2) is 8.60. The lowest BCUT2D eigenvalue weighted by molar-refractivity contribution is 0.202. The topological polar surface area (TPSA) is 45.4 Å². The molecule has 0 bridgehead atoms. The van der Waals surface area contributed by atoms with Crippen LogP contribution in [0.25, 0.3) is 0 Å². The van der Waals surface area contributed by atoms with Gasteiger partial charge in [-0.25, -0.2) is 9.97 Å². The Morgan fingerprint density at radius 3 is 1.44 bits per heavy atom. The monoisotopic (exact) mass is 345 g/mol. The largest absolute Gasteiger partial charge is 0.337 e. The van der Waals surface area contributed by atoms with Gasteiger partial charge in [-0.15, -0.1) is 0 Å². The lowest BCUT2D eigenvalue weighted by atomic mass is 10.4. The van der Waals surface area contributed by atoms with Gasteiger partial charge >= 0.3 is 0 Å². The van der Waals surface area contributed by atoms with Crippen molar-refractivity contribution in [2.45, 2.75) is 20.0 Å². The van der Waals surface area contributed by atoms with Crippen LogP contribution < -0.4 is 0 Å². The minimum Gasteiger partial charge on any atom is -0.337 e. The number of hydrogen-bond acceptors (Lipinski definition) is 5. The van der Waals surface area contributed by atoms with Gasteiger partial charge in [0.05, 0.1) is 13.1 Å². The van der Waals surface area contributed by atoms with Crippen molar-refractivity contribution in [3.63, 3.8) is 0 Å². The number of aryl methyl sites for hydroxylation is 2. The molecule has 0 atom stereocenters. The summed E-state index contributed by atoms with van der Waals surface area (Å²) in [5.41, 5.74) is 0. The van der Waals surface area contributed by atoms with Crippen molar-refractivity contribution in [1.82, 2.24) is 33.8 Å². The third kappa shape index (κ3) is 4.90. The fourth-order valence-corrected chi connectivity index (χ4v) is 3.31. The van der Waals surface area contributed by atoms with Crippen molar-refractivity contribution in [3.8, 4) is 0 Å². The van der Waals surface area contributed by atoms with Crippen molar-refractivity contribution < 1.29 is 0 Å². The lowest BCUT2D eigenvalue weighted by Gasteiger charge is -2.25. The average Bonchev–Trinajstić information content (AvgIpc) is 3.21. The molecule has 1 saturated heterocycles. The molecule has 0 aliphatic carbocycles. The van der Waals surface area contributed by atoms with Crippen LogP contribution in [0, 0.1) is 0 Å². The Labute approximate surface area is 150 Å². The zero-order chi connectivity index (χ0) is 17.6. The van der Waals surface area contributed by atoms with E-state index >= 15 is 0 Å². The highest BCUT2D eigenvalue weighted by Crippen LogP contribution is 2.08. The molecule has 0 N–H and O–H groups in total. The first-order valence-electron chi connectivity index (χ1n) is 9.25. The van der Waals surface area contributed by atoms with Gasteiger partial charge in [-0.05, 0) is 6.54 Å². The minimum absolute atomic E-state index is 0.914. The first-order valence-corrected chi connectivity index (χ1v) is 9.25. The fraction of sp³-hybridized carbons (Fsp3) is 0.667. The van der Waals surface area contributed by atoms with E-state index in [1.807, 2.05) is 24.8 Å². The Morgan fingerprint density at radius 1 is 0.720 bits per heavy atom. The normalized spacial score (nSPS) is 18.8. The van der Waals surface area contributed by atoms with Gasteiger partial charge in [0.15, 0.2) is 0 Å². The van der Waals surface area contributed by atoms with Gasteiger partial charge < -0.3 is 14.0 Å². The van der Waals surface area contributed by atoms with Gasteiger partial charge in [0.1, 0.15) is 11.6 Å². The van der Waals surface area contributed by atoms with Crippen LogP contribution >= 0.6 is 0 Å². The van der Waals surface area contributed by atoms with Crippen LogP contribution in [-0.4, -0.2) is 79.6 Å². The molecule has 3 rings (SSSR count). The van der Waals surface area contributed by atoms with Crippen LogP contribution in [0.2, 0.25) is 0 Å². The number of rotatable bonds is 5. The van der Waals surface area contributed by atoms with Crippen molar-refractivity contribution >= 4 is 0 Å². The van der Waals surface area contributed by atoms with Crippen LogP contribution in [0.1, 0.15) is 18.6 Å². The summed E-state index contributed by atoms with van der Waals surface area (Å²) in [6, 6.07) is 0. The van der Waals surface area contributed by atoms with E-state index in [0.29, 0.717) is 0 Å². The Bertz CT molecular complexity index is 593. The summed E-state index contributed by atoms with van der Waals surface area (Å²) in [4.78, 5) is 16.6. The Kier molecular flexibility index (Phi) is 6.23. The molecule has 3 heterocycles. The fourth-order valence-electron chi connectivity index (χ4n) is 3.31. The van der Waals surface area contributed by atoms with E-state index in [2.05, 4.69) is 54.8 Å². The molecule has 25 heavy (non-hydrogen) atoms. The molecule has 0 unspecified atom stereocenters. The Morgan fingerprint density at radius 2 is 1.12 bits per heavy atom. The summed E-state index contributed by atoms with van der Waals surface area (Å²) in [6.45, 7) is 11.7. The molecule has 0 radical (unpaired) electrons. The minimum atomic E-state index is 0.914. The van der Waals surface area contributed by atoms with E-state index in [1.165, 1.54) is 0 Å². The molecule has 0 spiro atoms. The highest BCUT2D eigenvalue weighted by Gasteiger charge is 2.18. The number of imidazole rings is 2. The highest BCUT2D eigenvalue weighted by atomic mass is 15.3. The van der Waals surface area contributed by atoms with Crippen LogP contribution in [0.15, 0.2) is 24.8 Å². The molecule has 1 aliphatic heterocycles. The quantitative estimate of drug-likeness (QED) is 0.802. The van der Waals surface area contributed by atoms with Gasteiger partial charge in [-0.2, -0.15) is 0 Å². The Hall–Kier alpha value is -1.70. The molecule has 2 aromatic rings. The van der Waals surface area contributed by atoms with Crippen LogP contribution in [0.3, 0.4) is 0 Å². The zero-order valence-electron chi connectivity index (χ0n) is 15.8. The maximum atomic E-state index is 4.50. The summed E-state index contributed by atoms with van der Waals surface area (Å²) in [7, 11) is 4.15. The predicted molar refractivity (Wildman–Crippen MR) is 99.1 cm³/mol. The standard InChI is InChI=1S/C18H31N7/c1-4-23-9-11-24(15-17-19-5-7-21(17)2)13-14-25(12-10-23)16-18-20-6-8-22(18)3/h5-8H,4,9-16H2,1-3H3. The van der Waals surface area contributed by atoms with Crippen molar-refractivity contribution in [1.29, 1.82) is 0 Å². The highest BCUT2D eigenvalue weighted by molar-refractivity contribution is 4.93. The van der Waals surface area contributed by atoms with E-state index < -0.39 is 0 Å². The van der Waals surface area contributed by atoms with Gasteiger partial charge in [-0.3, -0.25) is 9.80 Å². The van der Waals surface area contributed by atoms with Gasteiger partial charge in [0.25, 0.3) is 0 Å². The second-order valence-electron chi connectivity index (χ2n) is 6.90. The number of nitrogens with zero attached hydrogens (tertiary/aromatic N) is 7. The lowest BCUT2D eigenvalue weighted by Crippen LogP contribution is -2.36. The molecule has 138 valence electrons. The summed E-state index contributed by atoms with van der Waals surface area (Å²) >= 11 is 0. The van der Waals surface area contributed by atoms with Crippen molar-refractivity contribution in [3.05, 3.63) is 36.4 Å². The van der Waals surface area contributed by atoms with E-state index in [9.17, 15) is 0 Å². The maximum Gasteiger partial charge on any atom is 0.122 e. The molecule has 0 saturated carbocycles. The molecule has 2 aromatic heterocycles. The number of likely N-dealkylation sites (N-methyl/N-ethyl adjacent to an activating group) is 1. The van der Waals surface area contributed by atoms with Gasteiger partial charge in [0, 0.05) is 78.2 Å². The third-order valence-corrected chi connectivity index (χ3v) is 5.22. The number of aromatic nitrogens is 4. The predicted octanol–water partition coefficient (Wildman–Crippen LogP) is 0.793. The number of hydrogen-bond donors (Lipinski definition) is 0. The van der Waals surface area contributed by atoms with E-state index in [-0.39, 0.29) is 0 Å². The molecule has 1 fully saturated rings. The third-order valence-electron chi connectivity index (χ3n) is 5.22. The maximum absolute atomic E-state index is 4.50. The zero-order valence-corrected chi connectivity index (χ0v) is 15.8. The van der Waals surface area contributed by atoms with Crippen LogP contribution in [0.5, 0.6) is 0 Å². The summed E-state index contributed by atoms with van der Waals surface area (Å²) in [6.07, 6.45) is 7.82. The van der Waals surface area contributed by atoms with Crippen LogP contribution in [0.4, 0.5) is 0 Å². The molecule has 1 aliphatic rings. The second-order valence-corrected chi connectivity index (χ2v) is 6.90. The molecule has 0 amide bonds. The summed E-state index contributed by atoms with van der Waals surface area (Å²) in [5.74, 6) is 2.27. The molecule has 0 aromatic carbocycles. The SMILES string of the molecule is CCN1CCN(Cc2nccn2C)CCN(Cc2nccn2C)CC1. The molecule has 7 nitrogen and oxygen atoms in total. The average molecular weight is 345 g/mol. The summed E-state index contributed by atoms with van der Waals surface area (Å²) in [5, 5.41) is 0. The Balaban J connectivity index is 1.66. The first kappa shape index (κ1) is 18.1.